The molecule has 182 valence electrons. The van der Waals surface area contributed by atoms with Crippen LogP contribution in [0, 0.1) is 50.2 Å². The molecule has 4 saturated carbocycles. The number of allylic oxidation sites excluding steroid dienone is 2. The zero-order chi connectivity index (χ0) is 23.5. The lowest BCUT2D eigenvalue weighted by molar-refractivity contribution is -0.250. The van der Waals surface area contributed by atoms with Crippen molar-refractivity contribution in [3.05, 3.63) is 11.6 Å². The molecule has 0 amide bonds. The van der Waals surface area contributed by atoms with Crippen LogP contribution in [0.3, 0.4) is 0 Å². The van der Waals surface area contributed by atoms with Gasteiger partial charge in [-0.3, -0.25) is 0 Å². The topological polar surface area (TPSA) is 40.5 Å². The number of hydrogen-bond acceptors (Lipinski definition) is 2. The SMILES string of the molecule is CC1(C)C=C2[C@H]3CC[C@@H]4[C@@]5(C)C[C@@H](O)[C@@H](O)C(C)(C)[C@H]5CC[C@@]4(C)[C@]3(C)CC[C@@]2(C)CC1. The Labute approximate surface area is 197 Å². The molecule has 32 heavy (non-hydrogen) atoms. The van der Waals surface area contributed by atoms with E-state index in [-0.39, 0.29) is 10.8 Å². The number of rotatable bonds is 0. The minimum atomic E-state index is -0.595. The third-order valence-corrected chi connectivity index (χ3v) is 12.9. The van der Waals surface area contributed by atoms with Crippen molar-refractivity contribution in [1.29, 1.82) is 0 Å². The van der Waals surface area contributed by atoms with Crippen molar-refractivity contribution in [2.45, 2.75) is 125 Å². The molecule has 0 aromatic heterocycles. The van der Waals surface area contributed by atoms with Gasteiger partial charge >= 0.3 is 0 Å². The van der Waals surface area contributed by atoms with Gasteiger partial charge in [0.2, 0.25) is 0 Å². The van der Waals surface area contributed by atoms with E-state index in [9.17, 15) is 10.2 Å². The van der Waals surface area contributed by atoms with Crippen LogP contribution in [0.15, 0.2) is 11.6 Å². The molecule has 0 heterocycles. The average molecular weight is 443 g/mol. The van der Waals surface area contributed by atoms with Crippen LogP contribution in [0.2, 0.25) is 0 Å². The number of hydrogen-bond donors (Lipinski definition) is 2. The number of aliphatic hydroxyl groups is 2. The van der Waals surface area contributed by atoms with E-state index < -0.39 is 12.2 Å². The molecule has 0 radical (unpaired) electrons. The Morgan fingerprint density at radius 3 is 2.06 bits per heavy atom. The highest BCUT2D eigenvalue weighted by Crippen LogP contribution is 2.76. The van der Waals surface area contributed by atoms with E-state index in [1.165, 1.54) is 51.4 Å². The van der Waals surface area contributed by atoms with Crippen LogP contribution in [0.4, 0.5) is 0 Å². The highest BCUT2D eigenvalue weighted by molar-refractivity contribution is 5.31. The smallest absolute Gasteiger partial charge is 0.0852 e. The molecule has 0 bridgehead atoms. The Hall–Kier alpha value is -0.340. The predicted molar refractivity (Wildman–Crippen MR) is 132 cm³/mol. The lowest BCUT2D eigenvalue weighted by Gasteiger charge is -2.72. The first-order chi connectivity index (χ1) is 14.6. The van der Waals surface area contributed by atoms with Gasteiger partial charge in [-0.1, -0.05) is 67.0 Å². The molecule has 5 rings (SSSR count). The van der Waals surface area contributed by atoms with Crippen LogP contribution in [0.1, 0.15) is 113 Å². The lowest BCUT2D eigenvalue weighted by atomic mass is 9.32. The molecule has 2 nitrogen and oxygen atoms in total. The summed E-state index contributed by atoms with van der Waals surface area (Å²) in [6.45, 7) is 19.7. The second-order valence-corrected chi connectivity index (χ2v) is 15.3. The summed E-state index contributed by atoms with van der Waals surface area (Å²) < 4.78 is 0. The fourth-order valence-corrected chi connectivity index (χ4v) is 10.8. The summed E-state index contributed by atoms with van der Waals surface area (Å²) in [5, 5.41) is 21.9. The van der Waals surface area contributed by atoms with Gasteiger partial charge in [-0.15, -0.1) is 0 Å². The summed E-state index contributed by atoms with van der Waals surface area (Å²) in [5.74, 6) is 1.85. The largest absolute Gasteiger partial charge is 0.390 e. The Morgan fingerprint density at radius 1 is 0.719 bits per heavy atom. The van der Waals surface area contributed by atoms with Crippen molar-refractivity contribution < 1.29 is 10.2 Å². The molecule has 0 aliphatic heterocycles. The van der Waals surface area contributed by atoms with Gasteiger partial charge in [0.25, 0.3) is 0 Å². The molecule has 0 spiro atoms. The Bertz CT molecular complexity index is 825. The van der Waals surface area contributed by atoms with Crippen molar-refractivity contribution >= 4 is 0 Å². The van der Waals surface area contributed by atoms with Gasteiger partial charge in [0, 0.05) is 0 Å². The number of fused-ring (bicyclic) bond motifs is 7. The molecule has 0 unspecified atom stereocenters. The van der Waals surface area contributed by atoms with Crippen LogP contribution in [-0.2, 0) is 0 Å². The van der Waals surface area contributed by atoms with Gasteiger partial charge in [0.15, 0.2) is 0 Å². The maximum absolute atomic E-state index is 11.0. The van der Waals surface area contributed by atoms with E-state index in [2.05, 4.69) is 61.5 Å². The zero-order valence-electron chi connectivity index (χ0n) is 22.2. The molecule has 5 aliphatic rings. The molecule has 0 saturated heterocycles. The lowest BCUT2D eigenvalue weighted by Crippen LogP contribution is -2.67. The second-order valence-electron chi connectivity index (χ2n) is 15.3. The summed E-state index contributed by atoms with van der Waals surface area (Å²) in [4.78, 5) is 0. The minimum Gasteiger partial charge on any atom is -0.390 e. The fraction of sp³-hybridized carbons (Fsp3) is 0.933. The van der Waals surface area contributed by atoms with Crippen LogP contribution in [0.5, 0.6) is 0 Å². The number of aliphatic hydroxyl groups excluding tert-OH is 2. The van der Waals surface area contributed by atoms with E-state index in [0.29, 0.717) is 39.4 Å². The molecule has 2 N–H and O–H groups in total. The van der Waals surface area contributed by atoms with E-state index in [4.69, 9.17) is 0 Å². The van der Waals surface area contributed by atoms with Gasteiger partial charge in [-0.05, 0) is 108 Å². The summed E-state index contributed by atoms with van der Waals surface area (Å²) in [7, 11) is 0. The van der Waals surface area contributed by atoms with Gasteiger partial charge in [-0.2, -0.15) is 0 Å². The molecule has 2 heteroatoms. The first-order valence-electron chi connectivity index (χ1n) is 13.7. The summed E-state index contributed by atoms with van der Waals surface area (Å²) in [6.07, 6.45) is 12.8. The summed E-state index contributed by atoms with van der Waals surface area (Å²) in [6, 6.07) is 0. The predicted octanol–water partition coefficient (Wildman–Crippen LogP) is 7.14. The molecule has 4 fully saturated rings. The quantitative estimate of drug-likeness (QED) is 0.391. The standard InChI is InChI=1S/C30H50O2/c1-25(2)13-14-27(5)15-16-29(7)19(20(27)17-25)9-10-23-28(6)18-21(31)24(32)26(3,4)22(28)11-12-30(23,29)8/h17,19,21-24,31-32H,9-16,18H2,1-8H3/t19-,21-,22-,23-,24-,27-,28+,29-,30-/m1/s1. The van der Waals surface area contributed by atoms with Crippen molar-refractivity contribution in [3.8, 4) is 0 Å². The third-order valence-electron chi connectivity index (χ3n) is 12.9. The molecule has 0 aromatic carbocycles. The average Bonchev–Trinajstić information content (AvgIpc) is 2.68. The van der Waals surface area contributed by atoms with Gasteiger partial charge in [0.1, 0.15) is 0 Å². The molecule has 0 aromatic rings. The molecule has 9 atom stereocenters. The zero-order valence-corrected chi connectivity index (χ0v) is 22.2. The van der Waals surface area contributed by atoms with Crippen LogP contribution in [-0.4, -0.2) is 22.4 Å². The van der Waals surface area contributed by atoms with E-state index in [1.807, 2.05) is 5.57 Å². The maximum atomic E-state index is 11.0. The van der Waals surface area contributed by atoms with Gasteiger partial charge < -0.3 is 10.2 Å². The third kappa shape index (κ3) is 2.78. The van der Waals surface area contributed by atoms with Crippen LogP contribution in [0.25, 0.3) is 0 Å². The van der Waals surface area contributed by atoms with Crippen molar-refractivity contribution in [1.82, 2.24) is 0 Å². The Morgan fingerprint density at radius 2 is 1.38 bits per heavy atom. The van der Waals surface area contributed by atoms with Crippen molar-refractivity contribution in [2.75, 3.05) is 0 Å². The second kappa shape index (κ2) is 6.66. The Kier molecular flexibility index (Phi) is 4.87. The van der Waals surface area contributed by atoms with E-state index in [1.54, 1.807) is 0 Å². The first-order valence-corrected chi connectivity index (χ1v) is 13.7. The monoisotopic (exact) mass is 442 g/mol. The van der Waals surface area contributed by atoms with Gasteiger partial charge in [-0.25, -0.2) is 0 Å². The molecular formula is C30H50O2. The van der Waals surface area contributed by atoms with E-state index >= 15 is 0 Å². The summed E-state index contributed by atoms with van der Waals surface area (Å²) >= 11 is 0. The maximum Gasteiger partial charge on any atom is 0.0852 e. The molecular weight excluding hydrogens is 392 g/mol. The first kappa shape index (κ1) is 23.4. The fourth-order valence-electron chi connectivity index (χ4n) is 10.8. The van der Waals surface area contributed by atoms with E-state index in [0.717, 1.165) is 6.42 Å². The van der Waals surface area contributed by atoms with Crippen molar-refractivity contribution in [2.24, 2.45) is 50.2 Å². The van der Waals surface area contributed by atoms with Crippen molar-refractivity contribution in [3.63, 3.8) is 0 Å². The minimum absolute atomic E-state index is 0.115. The summed E-state index contributed by atoms with van der Waals surface area (Å²) in [5.41, 5.74) is 3.11. The Balaban J connectivity index is 1.57. The molecule has 5 aliphatic carbocycles. The highest BCUT2D eigenvalue weighted by Gasteiger charge is 2.69. The normalized spacial score (nSPS) is 56.2. The van der Waals surface area contributed by atoms with Crippen LogP contribution < -0.4 is 0 Å². The van der Waals surface area contributed by atoms with Gasteiger partial charge in [0.05, 0.1) is 12.2 Å². The van der Waals surface area contributed by atoms with Crippen LogP contribution >= 0.6 is 0 Å². The highest BCUT2D eigenvalue weighted by atomic mass is 16.3.